The molecule has 3 unspecified atom stereocenters. The van der Waals surface area contributed by atoms with Crippen LogP contribution in [-0.4, -0.2) is 52.5 Å². The van der Waals surface area contributed by atoms with Gasteiger partial charge < -0.3 is 10.0 Å². The van der Waals surface area contributed by atoms with Crippen molar-refractivity contribution in [3.05, 3.63) is 30.1 Å². The average Bonchev–Trinajstić information content (AvgIpc) is 2.74. The zero-order valence-corrected chi connectivity index (χ0v) is 14.4. The molecule has 1 aromatic rings. The fourth-order valence-corrected chi connectivity index (χ4v) is 5.88. The van der Waals surface area contributed by atoms with E-state index in [2.05, 4.69) is 4.72 Å². The van der Waals surface area contributed by atoms with E-state index in [1.54, 1.807) is 13.8 Å². The van der Waals surface area contributed by atoms with Crippen LogP contribution in [0.25, 0.3) is 0 Å². The molecule has 130 valence electrons. The molecule has 0 spiro atoms. The molecule has 1 amide bonds. The number of carbonyl (C=O) groups is 2. The smallest absolute Gasteiger partial charge is 0.327 e. The Balaban J connectivity index is 1.82. The minimum Gasteiger partial charge on any atom is -0.480 e. The van der Waals surface area contributed by atoms with Crippen molar-refractivity contribution in [2.24, 2.45) is 0 Å². The van der Waals surface area contributed by atoms with E-state index in [9.17, 15) is 27.5 Å². The van der Waals surface area contributed by atoms with Crippen LogP contribution in [0.1, 0.15) is 13.8 Å². The maximum Gasteiger partial charge on any atom is 0.327 e. The third-order valence-corrected chi connectivity index (χ3v) is 7.11. The van der Waals surface area contributed by atoms with Gasteiger partial charge in [0.1, 0.15) is 23.3 Å². The summed E-state index contributed by atoms with van der Waals surface area (Å²) in [6.45, 7) is 3.40. The predicted octanol–water partition coefficient (Wildman–Crippen LogP) is 0.620. The summed E-state index contributed by atoms with van der Waals surface area (Å²) in [5, 5.41) is 8.75. The first-order valence-corrected chi connectivity index (χ1v) is 9.41. The highest BCUT2D eigenvalue weighted by Crippen LogP contribution is 2.50. The Kier molecular flexibility index (Phi) is 3.89. The summed E-state index contributed by atoms with van der Waals surface area (Å²) in [6, 6.07) is 2.18. The van der Waals surface area contributed by atoms with Gasteiger partial charge in [-0.1, -0.05) is 0 Å². The van der Waals surface area contributed by atoms with Crippen molar-refractivity contribution in [2.45, 2.75) is 40.9 Å². The molecule has 0 bridgehead atoms. The molecule has 1 aromatic carbocycles. The molecule has 0 radical (unpaired) electrons. The first-order valence-electron chi connectivity index (χ1n) is 7.05. The van der Waals surface area contributed by atoms with Crippen LogP contribution in [0.5, 0.6) is 0 Å². The lowest BCUT2D eigenvalue weighted by molar-refractivity contribution is -0.159. The Hall–Kier alpha value is -1.65. The SMILES string of the molecule is CC1(C)SC2C(NS(=O)(=O)c3ccc(F)cc3)C(=O)N2C1C(=O)O. The lowest BCUT2D eigenvalue weighted by Gasteiger charge is -2.43. The molecule has 2 saturated heterocycles. The number of carboxylic acid groups (broad SMARTS) is 1. The van der Waals surface area contributed by atoms with Crippen molar-refractivity contribution in [2.75, 3.05) is 0 Å². The van der Waals surface area contributed by atoms with Crippen LogP contribution in [0.2, 0.25) is 0 Å². The van der Waals surface area contributed by atoms with Gasteiger partial charge in [-0.2, -0.15) is 4.72 Å². The van der Waals surface area contributed by atoms with Gasteiger partial charge in [0, 0.05) is 4.75 Å². The second-order valence-electron chi connectivity index (χ2n) is 6.15. The van der Waals surface area contributed by atoms with Crippen molar-refractivity contribution in [1.29, 1.82) is 0 Å². The second kappa shape index (κ2) is 5.43. The van der Waals surface area contributed by atoms with Crippen LogP contribution in [0.3, 0.4) is 0 Å². The van der Waals surface area contributed by atoms with Crippen molar-refractivity contribution >= 4 is 33.7 Å². The Morgan fingerprint density at radius 2 is 1.92 bits per heavy atom. The van der Waals surface area contributed by atoms with E-state index < -0.39 is 49.9 Å². The fraction of sp³-hybridized carbons (Fsp3) is 0.429. The summed E-state index contributed by atoms with van der Waals surface area (Å²) < 4.78 is 39.1. The quantitative estimate of drug-likeness (QED) is 0.749. The van der Waals surface area contributed by atoms with E-state index >= 15 is 0 Å². The number of hydrogen-bond donors (Lipinski definition) is 2. The maximum atomic E-state index is 12.9. The largest absolute Gasteiger partial charge is 0.480 e. The van der Waals surface area contributed by atoms with E-state index in [1.807, 2.05) is 0 Å². The minimum absolute atomic E-state index is 0.160. The van der Waals surface area contributed by atoms with Crippen molar-refractivity contribution in [3.8, 4) is 0 Å². The first-order chi connectivity index (χ1) is 11.0. The highest BCUT2D eigenvalue weighted by molar-refractivity contribution is 8.01. The second-order valence-corrected chi connectivity index (χ2v) is 9.64. The zero-order chi connectivity index (χ0) is 17.9. The van der Waals surface area contributed by atoms with Gasteiger partial charge in [0.15, 0.2) is 0 Å². The molecule has 10 heteroatoms. The average molecular weight is 374 g/mol. The third kappa shape index (κ3) is 2.58. The van der Waals surface area contributed by atoms with Gasteiger partial charge in [-0.05, 0) is 38.1 Å². The number of carbonyl (C=O) groups excluding carboxylic acids is 1. The van der Waals surface area contributed by atoms with E-state index in [4.69, 9.17) is 0 Å². The Morgan fingerprint density at radius 3 is 2.46 bits per heavy atom. The monoisotopic (exact) mass is 374 g/mol. The van der Waals surface area contributed by atoms with Gasteiger partial charge in [0.05, 0.1) is 4.90 Å². The molecular weight excluding hydrogens is 359 g/mol. The van der Waals surface area contributed by atoms with Crippen LogP contribution in [0.15, 0.2) is 29.2 Å². The highest BCUT2D eigenvalue weighted by Gasteiger charge is 2.64. The number of β-lactam (4-membered cyclic amide) rings is 1. The Labute approximate surface area is 142 Å². The highest BCUT2D eigenvalue weighted by atomic mass is 32.2. The van der Waals surface area contributed by atoms with Crippen LogP contribution in [-0.2, 0) is 19.6 Å². The molecule has 7 nitrogen and oxygen atoms in total. The first kappa shape index (κ1) is 17.2. The van der Waals surface area contributed by atoms with Gasteiger partial charge in [-0.25, -0.2) is 17.6 Å². The third-order valence-electron chi connectivity index (χ3n) is 4.08. The molecule has 2 N–H and O–H groups in total. The maximum absolute atomic E-state index is 12.9. The molecule has 24 heavy (non-hydrogen) atoms. The number of sulfonamides is 1. The number of carboxylic acids is 1. The Bertz CT molecular complexity index is 809. The molecule has 0 saturated carbocycles. The van der Waals surface area contributed by atoms with E-state index in [0.717, 1.165) is 24.3 Å². The summed E-state index contributed by atoms with van der Waals surface area (Å²) in [5.74, 6) is -2.27. The minimum atomic E-state index is -4.01. The molecule has 0 aliphatic carbocycles. The number of rotatable bonds is 4. The number of aliphatic carboxylic acids is 1. The summed E-state index contributed by atoms with van der Waals surface area (Å²) in [6.07, 6.45) is 0. The van der Waals surface area contributed by atoms with Gasteiger partial charge in [-0.3, -0.25) is 4.79 Å². The summed E-state index contributed by atoms with van der Waals surface area (Å²) in [7, 11) is -4.01. The lowest BCUT2D eigenvalue weighted by atomic mass is 9.96. The number of nitrogens with one attached hydrogen (secondary N) is 1. The van der Waals surface area contributed by atoms with Crippen molar-refractivity contribution < 1.29 is 27.5 Å². The number of halogens is 1. The van der Waals surface area contributed by atoms with Crippen LogP contribution in [0, 0.1) is 5.82 Å². The number of amides is 1. The van der Waals surface area contributed by atoms with Crippen LogP contribution >= 0.6 is 11.8 Å². The van der Waals surface area contributed by atoms with Gasteiger partial charge in [0.2, 0.25) is 15.9 Å². The lowest BCUT2D eigenvalue weighted by Crippen LogP contribution is -2.70. The number of hydrogen-bond acceptors (Lipinski definition) is 5. The summed E-state index contributed by atoms with van der Waals surface area (Å²) in [5.41, 5.74) is 0. The summed E-state index contributed by atoms with van der Waals surface area (Å²) in [4.78, 5) is 24.7. The Morgan fingerprint density at radius 1 is 1.33 bits per heavy atom. The molecule has 3 rings (SSSR count). The number of benzene rings is 1. The van der Waals surface area contributed by atoms with Gasteiger partial charge in [0.25, 0.3) is 0 Å². The summed E-state index contributed by atoms with van der Waals surface area (Å²) >= 11 is 1.24. The molecule has 2 heterocycles. The standard InChI is InChI=1S/C14H15FN2O5S2/c1-14(2)10(13(19)20)17-11(18)9(12(17)23-14)16-24(21,22)8-5-3-7(15)4-6-8/h3-6,9-10,12,16H,1-2H3,(H,19,20). The molecular formula is C14H15FN2O5S2. The zero-order valence-electron chi connectivity index (χ0n) is 12.8. The van der Waals surface area contributed by atoms with E-state index in [-0.39, 0.29) is 4.90 Å². The number of nitrogens with zero attached hydrogens (tertiary/aromatic N) is 1. The van der Waals surface area contributed by atoms with E-state index in [1.165, 1.54) is 16.7 Å². The predicted molar refractivity (Wildman–Crippen MR) is 84.2 cm³/mol. The van der Waals surface area contributed by atoms with Crippen molar-refractivity contribution in [3.63, 3.8) is 0 Å². The van der Waals surface area contributed by atoms with Gasteiger partial charge >= 0.3 is 5.97 Å². The van der Waals surface area contributed by atoms with Crippen LogP contribution in [0.4, 0.5) is 4.39 Å². The topological polar surface area (TPSA) is 104 Å². The van der Waals surface area contributed by atoms with Crippen molar-refractivity contribution in [1.82, 2.24) is 9.62 Å². The normalized spacial score (nSPS) is 28.4. The van der Waals surface area contributed by atoms with Crippen LogP contribution < -0.4 is 4.72 Å². The van der Waals surface area contributed by atoms with E-state index in [0.29, 0.717) is 0 Å². The molecule has 0 aromatic heterocycles. The molecule has 2 aliphatic rings. The number of thioether (sulfide) groups is 1. The van der Waals surface area contributed by atoms with Gasteiger partial charge in [-0.15, -0.1) is 11.8 Å². The molecule has 2 aliphatic heterocycles. The fourth-order valence-electron chi connectivity index (χ4n) is 2.97. The number of fused-ring (bicyclic) bond motifs is 1. The molecule has 2 fully saturated rings. The molecule has 3 atom stereocenters.